The summed E-state index contributed by atoms with van der Waals surface area (Å²) in [5.74, 6) is 0. The maximum absolute atomic E-state index is 11.9. The highest BCUT2D eigenvalue weighted by Gasteiger charge is 2.14. The van der Waals surface area contributed by atoms with E-state index in [0.717, 1.165) is 5.57 Å². The number of sulfonamides is 1. The van der Waals surface area contributed by atoms with Crippen molar-refractivity contribution in [3.8, 4) is 6.07 Å². The lowest BCUT2D eigenvalue weighted by Gasteiger charge is -2.07. The highest BCUT2D eigenvalue weighted by molar-refractivity contribution is 7.89. The van der Waals surface area contributed by atoms with E-state index in [9.17, 15) is 8.42 Å². The lowest BCUT2D eigenvalue weighted by atomic mass is 10.1. The molecule has 1 rings (SSSR count). The molecule has 0 saturated carbocycles. The zero-order valence-corrected chi connectivity index (χ0v) is 10.6. The van der Waals surface area contributed by atoms with E-state index < -0.39 is 10.0 Å². The van der Waals surface area contributed by atoms with Crippen molar-refractivity contribution in [1.29, 1.82) is 5.26 Å². The Balaban J connectivity index is 3.05. The Morgan fingerprint density at radius 3 is 2.65 bits per heavy atom. The Kier molecular flexibility index (Phi) is 4.05. The third kappa shape index (κ3) is 3.41. The number of nitriles is 1. The zero-order chi connectivity index (χ0) is 13.1. The lowest BCUT2D eigenvalue weighted by Crippen LogP contribution is -2.25. The molecule has 17 heavy (non-hydrogen) atoms. The normalized spacial score (nSPS) is 10.9. The molecule has 5 heteroatoms. The molecule has 0 amide bonds. The summed E-state index contributed by atoms with van der Waals surface area (Å²) in [5, 5.41) is 8.76. The first-order valence-corrected chi connectivity index (χ1v) is 6.50. The van der Waals surface area contributed by atoms with Crippen molar-refractivity contribution in [3.05, 3.63) is 41.5 Å². The van der Waals surface area contributed by atoms with Crippen LogP contribution in [-0.4, -0.2) is 15.0 Å². The van der Waals surface area contributed by atoms with Crippen LogP contribution in [-0.2, 0) is 10.0 Å². The van der Waals surface area contributed by atoms with Crippen LogP contribution in [0.25, 0.3) is 0 Å². The Hall–Kier alpha value is -1.64. The van der Waals surface area contributed by atoms with Gasteiger partial charge in [-0.05, 0) is 37.6 Å². The fourth-order valence-electron chi connectivity index (χ4n) is 1.23. The molecule has 0 spiro atoms. The number of benzene rings is 1. The summed E-state index contributed by atoms with van der Waals surface area (Å²) >= 11 is 0. The van der Waals surface area contributed by atoms with Crippen molar-refractivity contribution in [3.63, 3.8) is 0 Å². The number of hydrogen-bond donors (Lipinski definition) is 1. The van der Waals surface area contributed by atoms with Crippen molar-refractivity contribution in [1.82, 2.24) is 4.72 Å². The van der Waals surface area contributed by atoms with Crippen molar-refractivity contribution >= 4 is 10.0 Å². The van der Waals surface area contributed by atoms with E-state index in [2.05, 4.69) is 11.3 Å². The molecule has 1 aromatic carbocycles. The van der Waals surface area contributed by atoms with Gasteiger partial charge in [0.1, 0.15) is 0 Å². The first kappa shape index (κ1) is 13.4. The summed E-state index contributed by atoms with van der Waals surface area (Å²) in [4.78, 5) is 0.162. The second-order valence-corrected chi connectivity index (χ2v) is 5.64. The minimum atomic E-state index is -3.52. The predicted octanol–water partition coefficient (Wildman–Crippen LogP) is 1.72. The number of nitrogens with zero attached hydrogens (tertiary/aromatic N) is 1. The van der Waals surface area contributed by atoms with E-state index in [0.29, 0.717) is 11.1 Å². The van der Waals surface area contributed by atoms with E-state index in [1.54, 1.807) is 13.8 Å². The predicted molar refractivity (Wildman–Crippen MR) is 65.9 cm³/mol. The highest BCUT2D eigenvalue weighted by Crippen LogP contribution is 2.14. The average molecular weight is 250 g/mol. The molecular weight excluding hydrogens is 236 g/mol. The maximum atomic E-state index is 11.9. The van der Waals surface area contributed by atoms with Gasteiger partial charge in [-0.15, -0.1) is 0 Å². The third-order valence-corrected chi connectivity index (χ3v) is 3.59. The fraction of sp³-hybridized carbons (Fsp3) is 0.250. The van der Waals surface area contributed by atoms with Crippen LogP contribution in [0.3, 0.4) is 0 Å². The van der Waals surface area contributed by atoms with E-state index >= 15 is 0 Å². The zero-order valence-electron chi connectivity index (χ0n) is 9.82. The molecule has 0 heterocycles. The van der Waals surface area contributed by atoms with Crippen LogP contribution >= 0.6 is 0 Å². The SMILES string of the molecule is C=C(C)CNS(=O)(=O)c1ccc(C#N)c(C)c1. The van der Waals surface area contributed by atoms with Crippen LogP contribution in [0.5, 0.6) is 0 Å². The topological polar surface area (TPSA) is 70.0 Å². The van der Waals surface area contributed by atoms with E-state index in [1.165, 1.54) is 18.2 Å². The van der Waals surface area contributed by atoms with E-state index in [4.69, 9.17) is 5.26 Å². The first-order chi connectivity index (χ1) is 7.86. The highest BCUT2D eigenvalue weighted by atomic mass is 32.2. The maximum Gasteiger partial charge on any atom is 0.240 e. The number of aryl methyl sites for hydroxylation is 1. The number of rotatable bonds is 4. The molecule has 0 bridgehead atoms. The second kappa shape index (κ2) is 5.13. The van der Waals surface area contributed by atoms with Crippen molar-refractivity contribution in [2.75, 3.05) is 6.54 Å². The Morgan fingerprint density at radius 1 is 1.53 bits per heavy atom. The standard InChI is InChI=1S/C12H14N2O2S/c1-9(2)8-14-17(15,16)12-5-4-11(7-13)10(3)6-12/h4-6,14H,1,8H2,2-3H3. The molecule has 0 atom stereocenters. The molecule has 0 aromatic heterocycles. The van der Waals surface area contributed by atoms with Crippen LogP contribution in [0.1, 0.15) is 18.1 Å². The van der Waals surface area contributed by atoms with E-state index in [1.807, 2.05) is 6.07 Å². The lowest BCUT2D eigenvalue weighted by molar-refractivity contribution is 0.584. The molecule has 90 valence electrons. The molecule has 0 aliphatic rings. The fourth-order valence-corrected chi connectivity index (χ4v) is 2.41. The molecule has 1 aromatic rings. The molecule has 1 N–H and O–H groups in total. The van der Waals surface area contributed by atoms with Gasteiger partial charge < -0.3 is 0 Å². The monoisotopic (exact) mass is 250 g/mol. The second-order valence-electron chi connectivity index (χ2n) is 3.87. The molecular formula is C12H14N2O2S. The molecule has 0 aliphatic heterocycles. The summed E-state index contributed by atoms with van der Waals surface area (Å²) in [6.07, 6.45) is 0. The van der Waals surface area contributed by atoms with Crippen LogP contribution < -0.4 is 4.72 Å². The molecule has 0 radical (unpaired) electrons. The smallest absolute Gasteiger partial charge is 0.207 e. The Morgan fingerprint density at radius 2 is 2.18 bits per heavy atom. The molecule has 0 unspecified atom stereocenters. The van der Waals surface area contributed by atoms with Crippen LogP contribution in [0.4, 0.5) is 0 Å². The van der Waals surface area contributed by atoms with Gasteiger partial charge in [-0.2, -0.15) is 5.26 Å². The van der Waals surface area contributed by atoms with Crippen LogP contribution in [0, 0.1) is 18.3 Å². The molecule has 0 fully saturated rings. The molecule has 0 saturated heterocycles. The molecule has 4 nitrogen and oxygen atoms in total. The van der Waals surface area contributed by atoms with Gasteiger partial charge in [0.2, 0.25) is 10.0 Å². The van der Waals surface area contributed by atoms with Gasteiger partial charge >= 0.3 is 0 Å². The van der Waals surface area contributed by atoms with Crippen molar-refractivity contribution < 1.29 is 8.42 Å². The van der Waals surface area contributed by atoms with Gasteiger partial charge in [0.25, 0.3) is 0 Å². The third-order valence-electron chi connectivity index (χ3n) is 2.19. The summed E-state index contributed by atoms with van der Waals surface area (Å²) in [7, 11) is -3.52. The van der Waals surface area contributed by atoms with Crippen molar-refractivity contribution in [2.24, 2.45) is 0 Å². The average Bonchev–Trinajstić information content (AvgIpc) is 2.26. The Bertz CT molecular complexity index is 583. The van der Waals surface area contributed by atoms with Crippen LogP contribution in [0.2, 0.25) is 0 Å². The summed E-state index contributed by atoms with van der Waals surface area (Å²) in [6, 6.07) is 6.41. The Labute approximate surface area is 102 Å². The van der Waals surface area contributed by atoms with Gasteiger partial charge in [-0.3, -0.25) is 0 Å². The van der Waals surface area contributed by atoms with Gasteiger partial charge in [0.15, 0.2) is 0 Å². The molecule has 0 aliphatic carbocycles. The minimum absolute atomic E-state index is 0.162. The summed E-state index contributed by atoms with van der Waals surface area (Å²) in [6.45, 7) is 7.28. The quantitative estimate of drug-likeness (QED) is 0.827. The number of nitrogens with one attached hydrogen (secondary N) is 1. The summed E-state index contributed by atoms with van der Waals surface area (Å²) < 4.78 is 26.1. The van der Waals surface area contributed by atoms with E-state index in [-0.39, 0.29) is 11.4 Å². The minimum Gasteiger partial charge on any atom is -0.207 e. The summed E-state index contributed by atoms with van der Waals surface area (Å²) in [5.41, 5.74) is 1.86. The van der Waals surface area contributed by atoms with Crippen molar-refractivity contribution in [2.45, 2.75) is 18.7 Å². The van der Waals surface area contributed by atoms with Gasteiger partial charge in [0, 0.05) is 6.54 Å². The largest absolute Gasteiger partial charge is 0.240 e. The van der Waals surface area contributed by atoms with Gasteiger partial charge in [-0.25, -0.2) is 13.1 Å². The number of hydrogen-bond acceptors (Lipinski definition) is 3. The van der Waals surface area contributed by atoms with Gasteiger partial charge in [-0.1, -0.05) is 12.2 Å². The first-order valence-electron chi connectivity index (χ1n) is 5.01. The van der Waals surface area contributed by atoms with Crippen LogP contribution in [0.15, 0.2) is 35.2 Å². The van der Waals surface area contributed by atoms with Gasteiger partial charge in [0.05, 0.1) is 16.5 Å².